The molecular formula is C13H13ClO2. The molecule has 0 bridgehead atoms. The summed E-state index contributed by atoms with van der Waals surface area (Å²) in [6.45, 7) is 3.90. The zero-order chi connectivity index (χ0) is 11.7. The average Bonchev–Trinajstić information content (AvgIpc) is 2.61. The third-order valence-electron chi connectivity index (χ3n) is 2.85. The first-order chi connectivity index (χ1) is 7.61. The van der Waals surface area contributed by atoms with Gasteiger partial charge in [0.15, 0.2) is 5.78 Å². The Balaban J connectivity index is 2.44. The number of ketones is 1. The number of benzene rings is 1. The van der Waals surface area contributed by atoms with Gasteiger partial charge in [0.25, 0.3) is 0 Å². The van der Waals surface area contributed by atoms with Crippen LogP contribution in [0.25, 0.3) is 0 Å². The summed E-state index contributed by atoms with van der Waals surface area (Å²) >= 11 is 6.13. The molecule has 0 amide bonds. The molecule has 2 nitrogen and oxygen atoms in total. The second-order valence-corrected chi connectivity index (χ2v) is 4.32. The molecule has 1 heterocycles. The van der Waals surface area contributed by atoms with Gasteiger partial charge >= 0.3 is 0 Å². The predicted molar refractivity (Wildman–Crippen MR) is 63.5 cm³/mol. The summed E-state index contributed by atoms with van der Waals surface area (Å²) in [5.74, 6) is 0.753. The van der Waals surface area contributed by atoms with Crippen LogP contribution in [0, 0.1) is 0 Å². The van der Waals surface area contributed by atoms with Crippen molar-refractivity contribution < 1.29 is 9.53 Å². The lowest BCUT2D eigenvalue weighted by molar-refractivity contribution is -0.113. The van der Waals surface area contributed by atoms with Crippen LogP contribution in [0.3, 0.4) is 0 Å². The molecule has 1 aromatic rings. The van der Waals surface area contributed by atoms with Crippen LogP contribution in [0.5, 0.6) is 0 Å². The fraction of sp³-hybridized carbons (Fsp3) is 0.308. The smallest absolute Gasteiger partial charge is 0.159 e. The molecule has 0 fully saturated rings. The van der Waals surface area contributed by atoms with Crippen molar-refractivity contribution in [3.8, 4) is 0 Å². The second-order valence-electron chi connectivity index (χ2n) is 3.91. The molecule has 0 radical (unpaired) electrons. The largest absolute Gasteiger partial charge is 0.497 e. The Morgan fingerprint density at radius 2 is 2.12 bits per heavy atom. The zero-order valence-corrected chi connectivity index (χ0v) is 10.0. The van der Waals surface area contributed by atoms with Gasteiger partial charge in [-0.15, -0.1) is 0 Å². The Morgan fingerprint density at radius 1 is 1.44 bits per heavy atom. The Hall–Kier alpha value is -1.28. The minimum atomic E-state index is -0.0220. The number of hydrogen-bond donors (Lipinski definition) is 0. The van der Waals surface area contributed by atoms with Crippen LogP contribution >= 0.6 is 11.6 Å². The molecule has 1 aliphatic rings. The standard InChI is InChI=1S/C13H13ClO2/c1-8(15)13-9(2)16-7-11(13)10-5-3-4-6-12(10)14/h3-6,11H,7H2,1-2H3. The van der Waals surface area contributed by atoms with E-state index in [1.165, 1.54) is 0 Å². The van der Waals surface area contributed by atoms with E-state index in [9.17, 15) is 4.79 Å². The highest BCUT2D eigenvalue weighted by Crippen LogP contribution is 2.37. The molecule has 0 spiro atoms. The van der Waals surface area contributed by atoms with Gasteiger partial charge in [-0.2, -0.15) is 0 Å². The van der Waals surface area contributed by atoms with Crippen LogP contribution in [-0.4, -0.2) is 12.4 Å². The molecule has 16 heavy (non-hydrogen) atoms. The molecule has 0 aliphatic carbocycles. The molecule has 2 rings (SSSR count). The lowest BCUT2D eigenvalue weighted by Crippen LogP contribution is -2.09. The summed E-state index contributed by atoms with van der Waals surface area (Å²) in [7, 11) is 0. The minimum Gasteiger partial charge on any atom is -0.497 e. The van der Waals surface area contributed by atoms with Gasteiger partial charge in [-0.3, -0.25) is 4.79 Å². The number of allylic oxidation sites excluding steroid dienone is 1. The molecule has 0 saturated carbocycles. The van der Waals surface area contributed by atoms with Crippen molar-refractivity contribution in [2.45, 2.75) is 19.8 Å². The van der Waals surface area contributed by atoms with Gasteiger partial charge in [-0.25, -0.2) is 0 Å². The molecule has 1 atom stereocenters. The van der Waals surface area contributed by atoms with E-state index in [1.54, 1.807) is 6.92 Å². The van der Waals surface area contributed by atoms with E-state index >= 15 is 0 Å². The SMILES string of the molecule is CC(=O)C1=C(C)OCC1c1ccccc1Cl. The van der Waals surface area contributed by atoms with Crippen LogP contribution < -0.4 is 0 Å². The Labute approximate surface area is 99.9 Å². The van der Waals surface area contributed by atoms with Gasteiger partial charge in [0.05, 0.1) is 12.5 Å². The predicted octanol–water partition coefficient (Wildman–Crippen LogP) is 3.32. The highest BCUT2D eigenvalue weighted by Gasteiger charge is 2.30. The van der Waals surface area contributed by atoms with Gasteiger partial charge in [-0.1, -0.05) is 29.8 Å². The average molecular weight is 237 g/mol. The molecule has 1 unspecified atom stereocenters. The van der Waals surface area contributed by atoms with Crippen molar-refractivity contribution >= 4 is 17.4 Å². The number of Topliss-reactive ketones (excluding diaryl/α,β-unsaturated/α-hetero) is 1. The molecule has 0 saturated heterocycles. The summed E-state index contributed by atoms with van der Waals surface area (Å²) in [6.07, 6.45) is 0. The highest BCUT2D eigenvalue weighted by molar-refractivity contribution is 6.31. The fourth-order valence-corrected chi connectivity index (χ4v) is 2.38. The monoisotopic (exact) mass is 236 g/mol. The quantitative estimate of drug-likeness (QED) is 0.788. The molecular weight excluding hydrogens is 224 g/mol. The van der Waals surface area contributed by atoms with Gasteiger partial charge < -0.3 is 4.74 Å². The van der Waals surface area contributed by atoms with Gasteiger partial charge in [0.1, 0.15) is 5.76 Å². The first-order valence-electron chi connectivity index (χ1n) is 5.20. The van der Waals surface area contributed by atoms with Crippen LogP contribution in [-0.2, 0) is 9.53 Å². The van der Waals surface area contributed by atoms with E-state index in [4.69, 9.17) is 16.3 Å². The topological polar surface area (TPSA) is 26.3 Å². The summed E-state index contributed by atoms with van der Waals surface area (Å²) in [4.78, 5) is 11.6. The van der Waals surface area contributed by atoms with E-state index in [0.717, 1.165) is 16.9 Å². The summed E-state index contributed by atoms with van der Waals surface area (Å²) < 4.78 is 5.45. The summed E-state index contributed by atoms with van der Waals surface area (Å²) in [5.41, 5.74) is 1.71. The van der Waals surface area contributed by atoms with Crippen molar-refractivity contribution in [1.82, 2.24) is 0 Å². The number of halogens is 1. The van der Waals surface area contributed by atoms with Crippen LogP contribution in [0.1, 0.15) is 25.3 Å². The minimum absolute atomic E-state index is 0.0220. The Bertz CT molecular complexity index is 463. The number of carbonyl (C=O) groups is 1. The van der Waals surface area contributed by atoms with E-state index < -0.39 is 0 Å². The first-order valence-corrected chi connectivity index (χ1v) is 5.58. The molecule has 0 aromatic heterocycles. The van der Waals surface area contributed by atoms with Gasteiger partial charge in [-0.05, 0) is 25.5 Å². The number of ether oxygens (including phenoxy) is 1. The summed E-state index contributed by atoms with van der Waals surface area (Å²) in [6, 6.07) is 7.58. The van der Waals surface area contributed by atoms with Crippen molar-refractivity contribution in [3.05, 3.63) is 46.2 Å². The maximum absolute atomic E-state index is 11.6. The lowest BCUT2D eigenvalue weighted by Gasteiger charge is -2.12. The molecule has 84 valence electrons. The maximum Gasteiger partial charge on any atom is 0.159 e. The normalized spacial score (nSPS) is 19.8. The van der Waals surface area contributed by atoms with Crippen LogP contribution in [0.2, 0.25) is 5.02 Å². The Morgan fingerprint density at radius 3 is 2.75 bits per heavy atom. The van der Waals surface area contributed by atoms with Crippen molar-refractivity contribution in [2.24, 2.45) is 0 Å². The first kappa shape index (κ1) is 11.2. The summed E-state index contributed by atoms with van der Waals surface area (Å²) in [5, 5.41) is 0.685. The zero-order valence-electron chi connectivity index (χ0n) is 9.29. The molecule has 1 aliphatic heterocycles. The Kier molecular flexibility index (Phi) is 3.01. The molecule has 0 N–H and O–H groups in total. The van der Waals surface area contributed by atoms with E-state index in [2.05, 4.69) is 0 Å². The van der Waals surface area contributed by atoms with Gasteiger partial charge in [0, 0.05) is 10.6 Å². The van der Waals surface area contributed by atoms with Crippen molar-refractivity contribution in [2.75, 3.05) is 6.61 Å². The van der Waals surface area contributed by atoms with E-state index in [-0.39, 0.29) is 11.7 Å². The van der Waals surface area contributed by atoms with E-state index in [1.807, 2.05) is 31.2 Å². The fourth-order valence-electron chi connectivity index (χ4n) is 2.11. The maximum atomic E-state index is 11.6. The highest BCUT2D eigenvalue weighted by atomic mass is 35.5. The number of hydrogen-bond acceptors (Lipinski definition) is 2. The molecule has 1 aromatic carbocycles. The van der Waals surface area contributed by atoms with E-state index in [0.29, 0.717) is 11.6 Å². The number of carbonyl (C=O) groups excluding carboxylic acids is 1. The second kappa shape index (κ2) is 4.30. The number of rotatable bonds is 2. The van der Waals surface area contributed by atoms with Gasteiger partial charge in [0.2, 0.25) is 0 Å². The van der Waals surface area contributed by atoms with Crippen molar-refractivity contribution in [1.29, 1.82) is 0 Å². The lowest BCUT2D eigenvalue weighted by atomic mass is 9.90. The van der Waals surface area contributed by atoms with Crippen LogP contribution in [0.4, 0.5) is 0 Å². The van der Waals surface area contributed by atoms with Crippen LogP contribution in [0.15, 0.2) is 35.6 Å². The van der Waals surface area contributed by atoms with Crippen molar-refractivity contribution in [3.63, 3.8) is 0 Å². The third kappa shape index (κ3) is 1.85. The third-order valence-corrected chi connectivity index (χ3v) is 3.20. The molecule has 3 heteroatoms.